The van der Waals surface area contributed by atoms with Crippen LogP contribution in [0.5, 0.6) is 0 Å². The quantitative estimate of drug-likeness (QED) is 0.522. The Labute approximate surface area is 56.5 Å². The lowest BCUT2D eigenvalue weighted by Gasteiger charge is -2.09. The van der Waals surface area contributed by atoms with E-state index in [1.165, 1.54) is 6.26 Å². The van der Waals surface area contributed by atoms with Gasteiger partial charge in [0, 0.05) is 6.61 Å². The van der Waals surface area contributed by atoms with Gasteiger partial charge >= 0.3 is 0 Å². The molecule has 2 nitrogen and oxygen atoms in total. The fourth-order valence-corrected chi connectivity index (χ4v) is 0.453. The Kier molecular flexibility index (Phi) is 5.32. The average Bonchev–Trinajstić information content (AvgIpc) is 1.85. The minimum Gasteiger partial charge on any atom is -0.497 e. The van der Waals surface area contributed by atoms with Gasteiger partial charge in [-0.2, -0.15) is 0 Å². The fraction of sp³-hybridized carbons (Fsp3) is 0.571. The van der Waals surface area contributed by atoms with Gasteiger partial charge in [-0.15, -0.1) is 0 Å². The maximum Gasteiger partial charge on any atom is 0.118 e. The van der Waals surface area contributed by atoms with Crippen molar-refractivity contribution in [3.63, 3.8) is 0 Å². The van der Waals surface area contributed by atoms with Crippen LogP contribution in [0.4, 0.5) is 0 Å². The molecule has 0 saturated heterocycles. The normalized spacial score (nSPS) is 12.7. The second-order valence-electron chi connectivity index (χ2n) is 1.69. The first-order valence-corrected chi connectivity index (χ1v) is 2.94. The molecule has 1 radical (unpaired) electrons. The van der Waals surface area contributed by atoms with E-state index in [0.717, 1.165) is 0 Å². The third-order valence-electron chi connectivity index (χ3n) is 0.825. The molecule has 0 rings (SSSR count). The molecule has 53 valence electrons. The molecule has 0 fully saturated rings. The molecule has 1 unspecified atom stereocenters. The number of ether oxygens (including phenoxy) is 2. The lowest BCUT2D eigenvalue weighted by molar-refractivity contribution is 0.0485. The van der Waals surface area contributed by atoms with Crippen molar-refractivity contribution in [2.75, 3.05) is 13.2 Å². The molecular weight excluding hydrogens is 116 g/mol. The van der Waals surface area contributed by atoms with E-state index >= 15 is 0 Å². The summed E-state index contributed by atoms with van der Waals surface area (Å²) in [5, 5.41) is 0. The van der Waals surface area contributed by atoms with E-state index in [-0.39, 0.29) is 6.10 Å². The highest BCUT2D eigenvalue weighted by atomic mass is 16.5. The topological polar surface area (TPSA) is 18.5 Å². The number of hydrogen-bond acceptors (Lipinski definition) is 2. The van der Waals surface area contributed by atoms with Crippen LogP contribution in [-0.2, 0) is 9.47 Å². The molecule has 0 N–H and O–H groups in total. The Morgan fingerprint density at radius 2 is 2.33 bits per heavy atom. The molecule has 0 aromatic rings. The summed E-state index contributed by atoms with van der Waals surface area (Å²) in [4.78, 5) is 0. The average molecular weight is 129 g/mol. The van der Waals surface area contributed by atoms with Crippen LogP contribution in [0.1, 0.15) is 6.92 Å². The van der Waals surface area contributed by atoms with Gasteiger partial charge in [-0.1, -0.05) is 6.58 Å². The van der Waals surface area contributed by atoms with E-state index < -0.39 is 0 Å². The molecule has 0 spiro atoms. The fourth-order valence-electron chi connectivity index (χ4n) is 0.453. The zero-order valence-corrected chi connectivity index (χ0v) is 5.80. The molecule has 2 heteroatoms. The summed E-state index contributed by atoms with van der Waals surface area (Å²) in [6.07, 6.45) is 1.50. The van der Waals surface area contributed by atoms with Gasteiger partial charge in [-0.05, 0) is 13.8 Å². The van der Waals surface area contributed by atoms with Gasteiger partial charge in [0.1, 0.15) is 6.10 Å². The smallest absolute Gasteiger partial charge is 0.118 e. The Morgan fingerprint density at radius 1 is 1.67 bits per heavy atom. The summed E-state index contributed by atoms with van der Waals surface area (Å²) in [5.74, 6) is 0. The zero-order valence-electron chi connectivity index (χ0n) is 5.80. The molecule has 9 heavy (non-hydrogen) atoms. The van der Waals surface area contributed by atoms with Gasteiger partial charge in [0.2, 0.25) is 0 Å². The van der Waals surface area contributed by atoms with Gasteiger partial charge in [0.15, 0.2) is 0 Å². The third kappa shape index (κ3) is 5.37. The summed E-state index contributed by atoms with van der Waals surface area (Å²) < 4.78 is 9.92. The van der Waals surface area contributed by atoms with Gasteiger partial charge in [0.25, 0.3) is 0 Å². The second-order valence-corrected chi connectivity index (χ2v) is 1.69. The molecule has 0 bridgehead atoms. The predicted octanol–water partition coefficient (Wildman–Crippen LogP) is 1.39. The van der Waals surface area contributed by atoms with E-state index in [1.54, 1.807) is 0 Å². The van der Waals surface area contributed by atoms with Crippen molar-refractivity contribution in [2.24, 2.45) is 0 Å². The summed E-state index contributed by atoms with van der Waals surface area (Å²) in [6.45, 7) is 9.91. The molecule has 0 aliphatic rings. The first-order valence-electron chi connectivity index (χ1n) is 2.94. The van der Waals surface area contributed by atoms with Crippen LogP contribution in [0, 0.1) is 6.92 Å². The van der Waals surface area contributed by atoms with Gasteiger partial charge < -0.3 is 9.47 Å². The highest BCUT2D eigenvalue weighted by molar-refractivity contribution is 4.55. The van der Waals surface area contributed by atoms with Gasteiger partial charge in [0.05, 0.1) is 12.9 Å². The van der Waals surface area contributed by atoms with E-state index in [1.807, 2.05) is 6.92 Å². The van der Waals surface area contributed by atoms with Crippen LogP contribution in [0.3, 0.4) is 0 Å². The SMILES string of the molecule is [CH2]COCC(C)OC=C. The summed E-state index contributed by atoms with van der Waals surface area (Å²) in [6, 6.07) is 0. The lowest BCUT2D eigenvalue weighted by atomic mass is 10.4. The molecule has 0 aromatic heterocycles. The van der Waals surface area contributed by atoms with Crippen molar-refractivity contribution in [3.8, 4) is 0 Å². The van der Waals surface area contributed by atoms with Crippen LogP contribution in [-0.4, -0.2) is 19.3 Å². The Morgan fingerprint density at radius 3 is 2.78 bits per heavy atom. The van der Waals surface area contributed by atoms with Crippen LogP contribution in [0.15, 0.2) is 12.8 Å². The molecule has 0 saturated carbocycles. The molecule has 0 heterocycles. The first-order chi connectivity index (χ1) is 4.31. The highest BCUT2D eigenvalue weighted by Crippen LogP contribution is 1.90. The monoisotopic (exact) mass is 129 g/mol. The van der Waals surface area contributed by atoms with E-state index in [9.17, 15) is 0 Å². The zero-order chi connectivity index (χ0) is 7.11. The van der Waals surface area contributed by atoms with Gasteiger partial charge in [-0.25, -0.2) is 0 Å². The number of rotatable bonds is 5. The summed E-state index contributed by atoms with van der Waals surface area (Å²) in [7, 11) is 0. The maximum absolute atomic E-state index is 4.96. The van der Waals surface area contributed by atoms with Crippen molar-refractivity contribution in [3.05, 3.63) is 19.8 Å². The standard InChI is InChI=1S/C7H13O2/c1-4-8-6-7(3)9-5-2/h5,7H,1-2,4,6H2,3H3. The largest absolute Gasteiger partial charge is 0.497 e. The second kappa shape index (κ2) is 5.63. The van der Waals surface area contributed by atoms with E-state index in [0.29, 0.717) is 13.2 Å². The van der Waals surface area contributed by atoms with Gasteiger partial charge in [-0.3, -0.25) is 0 Å². The molecule has 0 amide bonds. The Balaban J connectivity index is 3.04. The van der Waals surface area contributed by atoms with Crippen molar-refractivity contribution >= 4 is 0 Å². The van der Waals surface area contributed by atoms with Crippen LogP contribution in [0.2, 0.25) is 0 Å². The predicted molar refractivity (Wildman–Crippen MR) is 36.9 cm³/mol. The Hall–Kier alpha value is -0.500. The lowest BCUT2D eigenvalue weighted by Crippen LogP contribution is -2.12. The summed E-state index contributed by atoms with van der Waals surface area (Å²) in [5.41, 5.74) is 0. The van der Waals surface area contributed by atoms with Crippen LogP contribution >= 0.6 is 0 Å². The molecular formula is C7H13O2. The molecule has 0 aliphatic heterocycles. The Bertz CT molecular complexity index is 71.3. The first kappa shape index (κ1) is 8.50. The third-order valence-corrected chi connectivity index (χ3v) is 0.825. The maximum atomic E-state index is 4.96. The van der Waals surface area contributed by atoms with Crippen molar-refractivity contribution in [1.82, 2.24) is 0 Å². The van der Waals surface area contributed by atoms with Crippen molar-refractivity contribution < 1.29 is 9.47 Å². The van der Waals surface area contributed by atoms with Crippen LogP contribution in [0.25, 0.3) is 0 Å². The number of hydrogen-bond donors (Lipinski definition) is 0. The molecule has 0 aliphatic carbocycles. The van der Waals surface area contributed by atoms with Crippen molar-refractivity contribution in [2.45, 2.75) is 13.0 Å². The minimum absolute atomic E-state index is 0.0873. The van der Waals surface area contributed by atoms with Crippen molar-refractivity contribution in [1.29, 1.82) is 0 Å². The molecule has 0 aromatic carbocycles. The minimum atomic E-state index is 0.0873. The highest BCUT2D eigenvalue weighted by Gasteiger charge is 1.96. The summed E-state index contributed by atoms with van der Waals surface area (Å²) >= 11 is 0. The van der Waals surface area contributed by atoms with Crippen LogP contribution < -0.4 is 0 Å². The van der Waals surface area contributed by atoms with E-state index in [4.69, 9.17) is 9.47 Å². The van der Waals surface area contributed by atoms with E-state index in [2.05, 4.69) is 13.5 Å². The molecule has 1 atom stereocenters.